The molecule has 6 nitrogen and oxygen atoms in total. The Labute approximate surface area is 220 Å². The molecule has 5 rings (SSSR count). The van der Waals surface area contributed by atoms with E-state index >= 15 is 0 Å². The van der Waals surface area contributed by atoms with E-state index in [4.69, 9.17) is 0 Å². The molecule has 188 valence electrons. The first-order valence-electron chi connectivity index (χ1n) is 12.3. The zero-order chi connectivity index (χ0) is 27.0. The first kappa shape index (κ1) is 24.8. The van der Waals surface area contributed by atoms with Gasteiger partial charge in [-0.1, -0.05) is 47.1 Å². The molecule has 1 aromatic heterocycles. The van der Waals surface area contributed by atoms with E-state index in [-0.39, 0.29) is 17.3 Å². The van der Waals surface area contributed by atoms with Gasteiger partial charge in [-0.2, -0.15) is 0 Å². The topological polar surface area (TPSA) is 77.7 Å². The summed E-state index contributed by atoms with van der Waals surface area (Å²) < 4.78 is 2.16. The molecule has 0 unspecified atom stereocenters. The SMILES string of the molecule is CC(=O)ON=C(C)C(=O)c1ccc2c(c1)c1cc(C)cc(C)c1n2-c1ccc(C(=O)c2ccccc2)cc1. The van der Waals surface area contributed by atoms with Crippen molar-refractivity contribution in [3.05, 3.63) is 113 Å². The standard InChI is InChI=1S/C32H26N2O4/c1-19-16-20(2)30-28(17-19)27-18-25(31(36)21(3)33-38-22(4)35)12-15-29(27)34(30)26-13-10-24(11-14-26)32(37)23-8-6-5-7-9-23/h5-18H,1-4H3. The van der Waals surface area contributed by atoms with E-state index in [9.17, 15) is 14.4 Å². The highest BCUT2D eigenvalue weighted by Gasteiger charge is 2.19. The van der Waals surface area contributed by atoms with Crippen LogP contribution in [0.25, 0.3) is 27.5 Å². The number of carbonyl (C=O) groups excluding carboxylic acids is 3. The molecule has 0 aliphatic carbocycles. The molecule has 0 N–H and O–H groups in total. The number of benzene rings is 4. The molecule has 6 heteroatoms. The second kappa shape index (κ2) is 9.90. The van der Waals surface area contributed by atoms with Crippen molar-refractivity contribution in [2.24, 2.45) is 5.16 Å². The number of aromatic nitrogens is 1. The Balaban J connectivity index is 1.64. The summed E-state index contributed by atoms with van der Waals surface area (Å²) >= 11 is 0. The predicted molar refractivity (Wildman–Crippen MR) is 149 cm³/mol. The first-order chi connectivity index (χ1) is 18.2. The quantitative estimate of drug-likeness (QED) is 0.111. The number of hydrogen-bond acceptors (Lipinski definition) is 5. The predicted octanol–water partition coefficient (Wildman–Crippen LogP) is 6.75. The average molecular weight is 503 g/mol. The molecule has 0 fully saturated rings. The van der Waals surface area contributed by atoms with Gasteiger partial charge in [0.1, 0.15) is 5.71 Å². The summed E-state index contributed by atoms with van der Waals surface area (Å²) in [5.74, 6) is -0.930. The molecule has 0 bridgehead atoms. The number of Topliss-reactive ketones (excluding diaryl/α,β-unsaturated/α-hetero) is 1. The third kappa shape index (κ3) is 4.52. The monoisotopic (exact) mass is 502 g/mol. The van der Waals surface area contributed by atoms with Gasteiger partial charge in [0.25, 0.3) is 0 Å². The third-order valence-corrected chi connectivity index (χ3v) is 6.52. The molecular formula is C32H26N2O4. The number of ketones is 2. The Morgan fingerprint density at radius 1 is 0.737 bits per heavy atom. The molecule has 0 aliphatic heterocycles. The number of rotatable bonds is 6. The van der Waals surface area contributed by atoms with Crippen LogP contribution in [-0.2, 0) is 9.63 Å². The Bertz CT molecular complexity index is 1760. The molecule has 4 aromatic carbocycles. The zero-order valence-electron chi connectivity index (χ0n) is 21.6. The number of aryl methyl sites for hydroxylation is 2. The minimum Gasteiger partial charge on any atom is -0.318 e. The summed E-state index contributed by atoms with van der Waals surface area (Å²) in [7, 11) is 0. The maximum atomic E-state index is 13.0. The van der Waals surface area contributed by atoms with Crippen LogP contribution in [0.3, 0.4) is 0 Å². The van der Waals surface area contributed by atoms with Gasteiger partial charge >= 0.3 is 5.97 Å². The minimum atomic E-state index is -0.585. The maximum Gasteiger partial charge on any atom is 0.331 e. The van der Waals surface area contributed by atoms with Gasteiger partial charge in [-0.05, 0) is 74.9 Å². The van der Waals surface area contributed by atoms with Crippen LogP contribution in [0.15, 0.2) is 90.1 Å². The fourth-order valence-corrected chi connectivity index (χ4v) is 4.84. The van der Waals surface area contributed by atoms with Crippen LogP contribution >= 0.6 is 0 Å². The minimum absolute atomic E-state index is 0.0277. The number of oxime groups is 1. The van der Waals surface area contributed by atoms with E-state index in [0.29, 0.717) is 16.7 Å². The van der Waals surface area contributed by atoms with E-state index in [0.717, 1.165) is 38.6 Å². The van der Waals surface area contributed by atoms with Crippen LogP contribution in [0.2, 0.25) is 0 Å². The van der Waals surface area contributed by atoms with Gasteiger partial charge in [0.05, 0.1) is 11.0 Å². The fourth-order valence-electron chi connectivity index (χ4n) is 4.84. The van der Waals surface area contributed by atoms with Gasteiger partial charge in [-0.3, -0.25) is 9.59 Å². The van der Waals surface area contributed by atoms with Gasteiger partial charge in [0.15, 0.2) is 5.78 Å². The lowest BCUT2D eigenvalue weighted by molar-refractivity contribution is -0.140. The molecule has 0 saturated heterocycles. The summed E-state index contributed by atoms with van der Waals surface area (Å²) in [6.07, 6.45) is 0. The molecule has 0 radical (unpaired) electrons. The van der Waals surface area contributed by atoms with Crippen LogP contribution < -0.4 is 0 Å². The highest BCUT2D eigenvalue weighted by Crippen LogP contribution is 2.35. The molecule has 0 aliphatic rings. The summed E-state index contributed by atoms with van der Waals surface area (Å²) in [6, 6.07) is 26.6. The van der Waals surface area contributed by atoms with Crippen LogP contribution in [0.5, 0.6) is 0 Å². The Morgan fingerprint density at radius 3 is 2.08 bits per heavy atom. The largest absolute Gasteiger partial charge is 0.331 e. The molecule has 0 saturated carbocycles. The van der Waals surface area contributed by atoms with E-state index < -0.39 is 5.97 Å². The molecular weight excluding hydrogens is 476 g/mol. The molecule has 38 heavy (non-hydrogen) atoms. The Morgan fingerprint density at radius 2 is 1.39 bits per heavy atom. The lowest BCUT2D eigenvalue weighted by Gasteiger charge is -2.11. The van der Waals surface area contributed by atoms with E-state index in [2.05, 4.69) is 33.6 Å². The summed E-state index contributed by atoms with van der Waals surface area (Å²) in [5.41, 5.74) is 6.89. The van der Waals surface area contributed by atoms with Gasteiger partial charge in [0, 0.05) is 40.1 Å². The number of carbonyl (C=O) groups is 3. The summed E-state index contributed by atoms with van der Waals surface area (Å²) in [4.78, 5) is 41.7. The molecule has 1 heterocycles. The van der Waals surface area contributed by atoms with Crippen LogP contribution in [0.4, 0.5) is 0 Å². The van der Waals surface area contributed by atoms with Crippen molar-refractivity contribution in [3.63, 3.8) is 0 Å². The van der Waals surface area contributed by atoms with E-state index in [1.54, 1.807) is 6.07 Å². The van der Waals surface area contributed by atoms with E-state index in [1.165, 1.54) is 13.8 Å². The average Bonchev–Trinajstić information content (AvgIpc) is 3.25. The van der Waals surface area contributed by atoms with Crippen molar-refractivity contribution in [1.82, 2.24) is 4.57 Å². The van der Waals surface area contributed by atoms with Crippen molar-refractivity contribution in [2.45, 2.75) is 27.7 Å². The van der Waals surface area contributed by atoms with Gasteiger partial charge in [0.2, 0.25) is 5.78 Å². The Kier molecular flexibility index (Phi) is 6.47. The normalized spacial score (nSPS) is 11.6. The van der Waals surface area contributed by atoms with Gasteiger partial charge < -0.3 is 9.40 Å². The van der Waals surface area contributed by atoms with Crippen molar-refractivity contribution < 1.29 is 19.2 Å². The lowest BCUT2D eigenvalue weighted by atomic mass is 10.0. The third-order valence-electron chi connectivity index (χ3n) is 6.52. The zero-order valence-corrected chi connectivity index (χ0v) is 21.6. The molecule has 0 atom stereocenters. The van der Waals surface area contributed by atoms with Gasteiger partial charge in [-0.15, -0.1) is 0 Å². The van der Waals surface area contributed by atoms with Crippen molar-refractivity contribution in [2.75, 3.05) is 0 Å². The second-order valence-electron chi connectivity index (χ2n) is 9.38. The van der Waals surface area contributed by atoms with Gasteiger partial charge in [-0.25, -0.2) is 4.79 Å². The Hall–Kier alpha value is -4.84. The summed E-state index contributed by atoms with van der Waals surface area (Å²) in [6.45, 7) is 6.87. The number of hydrogen-bond donors (Lipinski definition) is 0. The molecule has 0 amide bonds. The highest BCUT2D eigenvalue weighted by atomic mass is 16.7. The second-order valence-corrected chi connectivity index (χ2v) is 9.38. The lowest BCUT2D eigenvalue weighted by Crippen LogP contribution is -2.11. The van der Waals surface area contributed by atoms with Crippen molar-refractivity contribution in [1.29, 1.82) is 0 Å². The van der Waals surface area contributed by atoms with Crippen molar-refractivity contribution in [3.8, 4) is 5.69 Å². The smallest absolute Gasteiger partial charge is 0.318 e. The van der Waals surface area contributed by atoms with Crippen LogP contribution in [0, 0.1) is 13.8 Å². The highest BCUT2D eigenvalue weighted by molar-refractivity contribution is 6.45. The molecule has 0 spiro atoms. The number of nitrogens with zero attached hydrogens (tertiary/aromatic N) is 2. The van der Waals surface area contributed by atoms with Crippen molar-refractivity contribution >= 4 is 45.1 Å². The van der Waals surface area contributed by atoms with Crippen LogP contribution in [0.1, 0.15) is 51.3 Å². The number of fused-ring (bicyclic) bond motifs is 3. The maximum absolute atomic E-state index is 13.0. The molecule has 5 aromatic rings. The summed E-state index contributed by atoms with van der Waals surface area (Å²) in [5, 5.41) is 5.59. The fraction of sp³-hybridized carbons (Fsp3) is 0.125. The first-order valence-corrected chi connectivity index (χ1v) is 12.3. The van der Waals surface area contributed by atoms with Crippen LogP contribution in [-0.4, -0.2) is 27.8 Å². The van der Waals surface area contributed by atoms with E-state index in [1.807, 2.05) is 73.7 Å².